The molecule has 0 aromatic carbocycles. The van der Waals surface area contributed by atoms with E-state index in [1.54, 1.807) is 0 Å². The van der Waals surface area contributed by atoms with Crippen LogP contribution >= 0.6 is 0 Å². The second kappa shape index (κ2) is 5.63. The minimum absolute atomic E-state index is 0.691. The van der Waals surface area contributed by atoms with Crippen LogP contribution in [0.15, 0.2) is 0 Å². The molecule has 0 saturated carbocycles. The zero-order valence-electron chi connectivity index (χ0n) is 3.73. The molecule has 6 heavy (non-hydrogen) atoms. The Kier molecular flexibility index (Phi) is 6.23. The molecule has 0 fully saturated rings. The molecule has 2 nitrogen and oxygen atoms in total. The van der Waals surface area contributed by atoms with Gasteiger partial charge in [0.2, 0.25) is 0 Å². The Hall–Kier alpha value is 0.634. The number of rotatable bonds is 3. The van der Waals surface area contributed by atoms with Gasteiger partial charge in [0.25, 0.3) is 0 Å². The Bertz CT molecular complexity index is 20.8. The van der Waals surface area contributed by atoms with Crippen LogP contribution in [0.4, 0.5) is 0 Å². The van der Waals surface area contributed by atoms with Gasteiger partial charge in [-0.25, -0.2) is 0 Å². The van der Waals surface area contributed by atoms with E-state index in [0.717, 1.165) is 6.42 Å². The molecule has 0 amide bonds. The van der Waals surface area contributed by atoms with E-state index in [1.807, 2.05) is 6.92 Å². The SMILES string of the molecule is CCCO[O][Ti]. The van der Waals surface area contributed by atoms with Crippen LogP contribution in [0.3, 0.4) is 0 Å². The first-order chi connectivity index (χ1) is 2.91. The fraction of sp³-hybridized carbons (Fsp3) is 1.00. The molecular weight excluding hydrogens is 116 g/mol. The van der Waals surface area contributed by atoms with Crippen LogP contribution in [0.25, 0.3) is 0 Å². The third kappa shape index (κ3) is 4.63. The summed E-state index contributed by atoms with van der Waals surface area (Å²) in [5, 5.41) is 0. The van der Waals surface area contributed by atoms with Crippen molar-refractivity contribution < 1.29 is 29.2 Å². The van der Waals surface area contributed by atoms with Gasteiger partial charge < -0.3 is 0 Å². The molecule has 0 spiro atoms. The van der Waals surface area contributed by atoms with Crippen molar-refractivity contribution >= 4 is 0 Å². The summed E-state index contributed by atoms with van der Waals surface area (Å²) in [7, 11) is 0. The summed E-state index contributed by atoms with van der Waals surface area (Å²) in [6, 6.07) is 0. The molecule has 0 bridgehead atoms. The summed E-state index contributed by atoms with van der Waals surface area (Å²) in [6.45, 7) is 2.72. The second-order valence-corrected chi connectivity index (χ2v) is 1.17. The van der Waals surface area contributed by atoms with Gasteiger partial charge in [-0.05, 0) is 0 Å². The Labute approximate surface area is 49.6 Å². The van der Waals surface area contributed by atoms with Crippen LogP contribution in [-0.2, 0) is 29.2 Å². The van der Waals surface area contributed by atoms with Gasteiger partial charge in [0.15, 0.2) is 0 Å². The van der Waals surface area contributed by atoms with Gasteiger partial charge in [0.1, 0.15) is 0 Å². The van der Waals surface area contributed by atoms with Gasteiger partial charge in [-0.1, -0.05) is 0 Å². The summed E-state index contributed by atoms with van der Waals surface area (Å²) in [5.41, 5.74) is 0. The average Bonchev–Trinajstić information content (AvgIpc) is 1.61. The molecule has 0 aliphatic rings. The molecule has 0 atom stereocenters. The molecule has 0 aromatic heterocycles. The van der Waals surface area contributed by atoms with E-state index in [2.05, 4.69) is 8.36 Å². The molecule has 0 saturated heterocycles. The molecule has 35 valence electrons. The fourth-order valence-electron chi connectivity index (χ4n) is 0.125. The Morgan fingerprint density at radius 1 is 1.67 bits per heavy atom. The van der Waals surface area contributed by atoms with Crippen molar-refractivity contribution in [2.75, 3.05) is 6.61 Å². The zero-order valence-corrected chi connectivity index (χ0v) is 5.29. The van der Waals surface area contributed by atoms with Gasteiger partial charge in [-0.3, -0.25) is 0 Å². The first-order valence-corrected chi connectivity index (χ1v) is 2.50. The van der Waals surface area contributed by atoms with E-state index < -0.39 is 0 Å². The van der Waals surface area contributed by atoms with Crippen LogP contribution in [0.1, 0.15) is 13.3 Å². The van der Waals surface area contributed by atoms with Gasteiger partial charge >= 0.3 is 49.1 Å². The van der Waals surface area contributed by atoms with E-state index >= 15 is 0 Å². The predicted molar refractivity (Wildman–Crippen MR) is 17.3 cm³/mol. The van der Waals surface area contributed by atoms with Crippen molar-refractivity contribution in [3.63, 3.8) is 0 Å². The van der Waals surface area contributed by atoms with E-state index in [-0.39, 0.29) is 0 Å². The van der Waals surface area contributed by atoms with Crippen molar-refractivity contribution in [2.24, 2.45) is 0 Å². The van der Waals surface area contributed by atoms with Gasteiger partial charge in [0, 0.05) is 0 Å². The van der Waals surface area contributed by atoms with Crippen LogP contribution in [0, 0.1) is 0 Å². The zero-order chi connectivity index (χ0) is 4.83. The monoisotopic (exact) mass is 123 g/mol. The van der Waals surface area contributed by atoms with Crippen molar-refractivity contribution in [3.05, 3.63) is 0 Å². The van der Waals surface area contributed by atoms with E-state index in [1.165, 1.54) is 20.8 Å². The molecule has 0 aromatic rings. The van der Waals surface area contributed by atoms with E-state index in [9.17, 15) is 0 Å². The molecule has 3 heteroatoms. The third-order valence-electron chi connectivity index (χ3n) is 0.346. The summed E-state index contributed by atoms with van der Waals surface area (Å²) in [6.07, 6.45) is 1.01. The molecule has 0 radical (unpaired) electrons. The molecule has 0 heterocycles. The van der Waals surface area contributed by atoms with Crippen molar-refractivity contribution in [3.8, 4) is 0 Å². The Morgan fingerprint density at radius 2 is 2.33 bits per heavy atom. The van der Waals surface area contributed by atoms with Gasteiger partial charge in [0.05, 0.1) is 0 Å². The summed E-state index contributed by atoms with van der Waals surface area (Å²) in [4.78, 5) is 4.48. The fourth-order valence-corrected chi connectivity index (χ4v) is 0.255. The molecule has 0 unspecified atom stereocenters. The quantitative estimate of drug-likeness (QED) is 0.239. The van der Waals surface area contributed by atoms with Crippen molar-refractivity contribution in [2.45, 2.75) is 13.3 Å². The number of hydrogen-bond acceptors (Lipinski definition) is 2. The van der Waals surface area contributed by atoms with E-state index in [0.29, 0.717) is 6.61 Å². The summed E-state index contributed by atoms with van der Waals surface area (Å²) >= 11 is 1.51. The van der Waals surface area contributed by atoms with Crippen LogP contribution in [0.2, 0.25) is 0 Å². The molecular formula is C3H7O2Ti. The molecule has 0 N–H and O–H groups in total. The molecule has 0 rings (SSSR count). The topological polar surface area (TPSA) is 18.5 Å². The van der Waals surface area contributed by atoms with Crippen molar-refractivity contribution in [1.29, 1.82) is 0 Å². The Morgan fingerprint density at radius 3 is 2.50 bits per heavy atom. The standard InChI is InChI=1S/C3H8O2.Ti/c1-2-3-5-4;/h4H,2-3H2,1H3;/q;+1/p-1. The summed E-state index contributed by atoms with van der Waals surface area (Å²) in [5.74, 6) is 0. The minimum atomic E-state index is 0.691. The third-order valence-corrected chi connectivity index (χ3v) is 0.530. The van der Waals surface area contributed by atoms with Crippen LogP contribution < -0.4 is 0 Å². The predicted octanol–water partition coefficient (Wildman–Crippen LogP) is 0.806. The normalized spacial score (nSPS) is 8.67. The van der Waals surface area contributed by atoms with E-state index in [4.69, 9.17) is 0 Å². The maximum absolute atomic E-state index is 4.48. The summed E-state index contributed by atoms with van der Waals surface area (Å²) < 4.78 is 4.28. The first-order valence-electron chi connectivity index (χ1n) is 1.87. The van der Waals surface area contributed by atoms with Gasteiger partial charge in [-0.15, -0.1) is 0 Å². The molecule has 0 aliphatic heterocycles. The first kappa shape index (κ1) is 6.63. The van der Waals surface area contributed by atoms with Crippen molar-refractivity contribution in [1.82, 2.24) is 0 Å². The van der Waals surface area contributed by atoms with Crippen LogP contribution in [0.5, 0.6) is 0 Å². The number of hydrogen-bond donors (Lipinski definition) is 0. The Balaban J connectivity index is 2.34. The van der Waals surface area contributed by atoms with Gasteiger partial charge in [-0.2, -0.15) is 0 Å². The molecule has 0 aliphatic carbocycles. The average molecular weight is 123 g/mol. The second-order valence-electron chi connectivity index (χ2n) is 0.905. The maximum atomic E-state index is 4.48. The van der Waals surface area contributed by atoms with Crippen LogP contribution in [-0.4, -0.2) is 6.61 Å².